The first-order valence-electron chi connectivity index (χ1n) is 8.88. The minimum atomic E-state index is 0.0205. The highest BCUT2D eigenvalue weighted by molar-refractivity contribution is 9.10. The van der Waals surface area contributed by atoms with E-state index in [-0.39, 0.29) is 5.91 Å². The van der Waals surface area contributed by atoms with Crippen molar-refractivity contribution in [2.75, 3.05) is 6.54 Å². The summed E-state index contributed by atoms with van der Waals surface area (Å²) in [6, 6.07) is 16.0. The average molecular weight is 421 g/mol. The fourth-order valence-electron chi connectivity index (χ4n) is 3.71. The monoisotopic (exact) mass is 420 g/mol. The molecule has 0 fully saturated rings. The van der Waals surface area contributed by atoms with Crippen molar-refractivity contribution in [3.63, 3.8) is 0 Å². The number of carbonyl (C=O) groups is 1. The van der Waals surface area contributed by atoms with Gasteiger partial charge >= 0.3 is 0 Å². The van der Waals surface area contributed by atoms with Gasteiger partial charge in [-0.25, -0.2) is 4.68 Å². The summed E-state index contributed by atoms with van der Waals surface area (Å²) in [5.41, 5.74) is 5.10. The van der Waals surface area contributed by atoms with E-state index in [1.807, 2.05) is 47.4 Å². The number of amides is 1. The van der Waals surface area contributed by atoms with E-state index in [1.54, 1.807) is 17.1 Å². The highest BCUT2D eigenvalue weighted by Gasteiger charge is 2.26. The molecule has 27 heavy (non-hydrogen) atoms. The van der Waals surface area contributed by atoms with Crippen molar-refractivity contribution >= 4 is 32.7 Å². The topological polar surface area (TPSA) is 53.9 Å². The third-order valence-corrected chi connectivity index (χ3v) is 5.76. The van der Waals surface area contributed by atoms with Crippen LogP contribution < -0.4 is 0 Å². The minimum absolute atomic E-state index is 0.0205. The summed E-state index contributed by atoms with van der Waals surface area (Å²) in [5, 5.41) is 5.53. The number of para-hydroxylation sites is 2. The second kappa shape index (κ2) is 6.39. The fourth-order valence-corrected chi connectivity index (χ4v) is 4.18. The van der Waals surface area contributed by atoms with Gasteiger partial charge in [0.1, 0.15) is 0 Å². The molecule has 0 atom stereocenters. The van der Waals surface area contributed by atoms with Gasteiger partial charge in [0.2, 0.25) is 0 Å². The molecule has 0 aliphatic carbocycles. The Morgan fingerprint density at radius 1 is 1.11 bits per heavy atom. The number of aromatic nitrogens is 3. The Morgan fingerprint density at radius 2 is 1.96 bits per heavy atom. The molecule has 2 aromatic heterocycles. The summed E-state index contributed by atoms with van der Waals surface area (Å²) in [5.74, 6) is 0.0205. The summed E-state index contributed by atoms with van der Waals surface area (Å²) in [7, 11) is 0. The highest BCUT2D eigenvalue weighted by Crippen LogP contribution is 2.32. The van der Waals surface area contributed by atoms with E-state index in [1.165, 1.54) is 16.6 Å². The molecule has 6 heteroatoms. The second-order valence-corrected chi connectivity index (χ2v) is 7.58. The molecule has 0 bridgehead atoms. The lowest BCUT2D eigenvalue weighted by atomic mass is 10.0. The number of rotatable bonds is 2. The van der Waals surface area contributed by atoms with Crippen molar-refractivity contribution in [2.45, 2.75) is 13.0 Å². The standard InChI is InChI=1S/C21H17BrN4O/c22-18-8-4-7-16-17-13-25(10-9-19(17)24-20(16)18)21(27)14-11-23-26(12-14)15-5-2-1-3-6-15/h1-8,11-12,24H,9-10,13H2. The molecule has 1 amide bonds. The van der Waals surface area contributed by atoms with Crippen molar-refractivity contribution in [1.82, 2.24) is 19.7 Å². The summed E-state index contributed by atoms with van der Waals surface area (Å²) in [4.78, 5) is 18.4. The lowest BCUT2D eigenvalue weighted by Gasteiger charge is -2.26. The zero-order valence-electron chi connectivity index (χ0n) is 14.5. The Kier molecular flexibility index (Phi) is 3.86. The first-order chi connectivity index (χ1) is 13.2. The molecule has 134 valence electrons. The van der Waals surface area contributed by atoms with Gasteiger partial charge in [0.05, 0.1) is 23.0 Å². The van der Waals surface area contributed by atoms with E-state index in [0.29, 0.717) is 18.7 Å². The Balaban J connectivity index is 1.44. The maximum atomic E-state index is 13.0. The molecular weight excluding hydrogens is 404 g/mol. The maximum absolute atomic E-state index is 13.0. The van der Waals surface area contributed by atoms with Crippen molar-refractivity contribution < 1.29 is 4.79 Å². The second-order valence-electron chi connectivity index (χ2n) is 6.73. The molecule has 0 unspecified atom stereocenters. The van der Waals surface area contributed by atoms with Crippen LogP contribution in [0.1, 0.15) is 21.6 Å². The SMILES string of the molecule is O=C(c1cnn(-c2ccccc2)c1)N1CCc2[nH]c3c(Br)cccc3c2C1. The Hall–Kier alpha value is -2.86. The number of nitrogens with zero attached hydrogens (tertiary/aromatic N) is 3. The zero-order valence-corrected chi connectivity index (χ0v) is 16.1. The van der Waals surface area contributed by atoms with Crippen molar-refractivity contribution in [1.29, 1.82) is 0 Å². The van der Waals surface area contributed by atoms with Crippen molar-refractivity contribution in [3.8, 4) is 5.69 Å². The number of aromatic amines is 1. The number of benzene rings is 2. The molecule has 4 aromatic rings. The molecule has 0 saturated heterocycles. The molecule has 1 aliphatic rings. The summed E-state index contributed by atoms with van der Waals surface area (Å²) in [6.07, 6.45) is 4.28. The van der Waals surface area contributed by atoms with Gasteiger partial charge in [0.25, 0.3) is 5.91 Å². The normalized spacial score (nSPS) is 13.7. The van der Waals surface area contributed by atoms with E-state index < -0.39 is 0 Å². The Labute approximate surface area is 164 Å². The average Bonchev–Trinajstić information content (AvgIpc) is 3.34. The van der Waals surface area contributed by atoms with Gasteiger partial charge in [0, 0.05) is 46.8 Å². The minimum Gasteiger partial charge on any atom is -0.357 e. The largest absolute Gasteiger partial charge is 0.357 e. The molecule has 0 radical (unpaired) electrons. The zero-order chi connectivity index (χ0) is 18.4. The molecular formula is C21H17BrN4O. The number of carbonyl (C=O) groups excluding carboxylic acids is 1. The Morgan fingerprint density at radius 3 is 2.81 bits per heavy atom. The first kappa shape index (κ1) is 16.3. The number of hydrogen-bond acceptors (Lipinski definition) is 2. The molecule has 5 rings (SSSR count). The number of fused-ring (bicyclic) bond motifs is 3. The van der Waals surface area contributed by atoms with Crippen LogP contribution in [-0.4, -0.2) is 32.1 Å². The third kappa shape index (κ3) is 2.77. The van der Waals surface area contributed by atoms with Crippen LogP contribution in [0.5, 0.6) is 0 Å². The maximum Gasteiger partial charge on any atom is 0.257 e. The van der Waals surface area contributed by atoms with Crippen LogP contribution in [-0.2, 0) is 13.0 Å². The third-order valence-electron chi connectivity index (χ3n) is 5.10. The molecule has 0 saturated carbocycles. The molecule has 3 heterocycles. The van der Waals surface area contributed by atoms with Gasteiger partial charge in [-0.3, -0.25) is 4.79 Å². The highest BCUT2D eigenvalue weighted by atomic mass is 79.9. The quantitative estimate of drug-likeness (QED) is 0.524. The van der Waals surface area contributed by atoms with E-state index in [9.17, 15) is 4.79 Å². The van der Waals surface area contributed by atoms with Crippen LogP contribution in [0.4, 0.5) is 0 Å². The number of nitrogens with one attached hydrogen (secondary N) is 1. The predicted molar refractivity (Wildman–Crippen MR) is 108 cm³/mol. The van der Waals surface area contributed by atoms with Crippen LogP contribution in [0, 0.1) is 0 Å². The summed E-state index contributed by atoms with van der Waals surface area (Å²) >= 11 is 3.61. The molecule has 1 aliphatic heterocycles. The van der Waals surface area contributed by atoms with E-state index in [0.717, 1.165) is 22.1 Å². The number of hydrogen-bond donors (Lipinski definition) is 1. The molecule has 2 aromatic carbocycles. The van der Waals surface area contributed by atoms with E-state index in [2.05, 4.69) is 32.1 Å². The van der Waals surface area contributed by atoms with Crippen LogP contribution in [0.3, 0.4) is 0 Å². The lowest BCUT2D eigenvalue weighted by molar-refractivity contribution is 0.0735. The number of halogens is 1. The van der Waals surface area contributed by atoms with Crippen LogP contribution in [0.25, 0.3) is 16.6 Å². The van der Waals surface area contributed by atoms with Crippen LogP contribution in [0.2, 0.25) is 0 Å². The summed E-state index contributed by atoms with van der Waals surface area (Å²) < 4.78 is 2.79. The molecule has 0 spiro atoms. The van der Waals surface area contributed by atoms with Gasteiger partial charge in [-0.05, 0) is 34.1 Å². The molecule has 1 N–H and O–H groups in total. The van der Waals surface area contributed by atoms with E-state index >= 15 is 0 Å². The van der Waals surface area contributed by atoms with Gasteiger partial charge in [0.15, 0.2) is 0 Å². The predicted octanol–water partition coefficient (Wildman–Crippen LogP) is 4.31. The van der Waals surface area contributed by atoms with Crippen LogP contribution >= 0.6 is 15.9 Å². The van der Waals surface area contributed by atoms with Gasteiger partial charge in [-0.15, -0.1) is 0 Å². The Bertz CT molecular complexity index is 1150. The van der Waals surface area contributed by atoms with E-state index in [4.69, 9.17) is 0 Å². The summed E-state index contributed by atoms with van der Waals surface area (Å²) in [6.45, 7) is 1.31. The van der Waals surface area contributed by atoms with Gasteiger partial charge in [-0.1, -0.05) is 30.3 Å². The van der Waals surface area contributed by atoms with Gasteiger partial charge in [-0.2, -0.15) is 5.10 Å². The smallest absolute Gasteiger partial charge is 0.257 e. The van der Waals surface area contributed by atoms with Crippen LogP contribution in [0.15, 0.2) is 65.4 Å². The van der Waals surface area contributed by atoms with Crippen molar-refractivity contribution in [2.24, 2.45) is 0 Å². The van der Waals surface area contributed by atoms with Crippen molar-refractivity contribution in [3.05, 3.63) is 82.2 Å². The lowest BCUT2D eigenvalue weighted by Crippen LogP contribution is -2.35. The molecule has 5 nitrogen and oxygen atoms in total. The fraction of sp³-hybridized carbons (Fsp3) is 0.143. The van der Waals surface area contributed by atoms with Gasteiger partial charge < -0.3 is 9.88 Å². The number of H-pyrrole nitrogens is 1. The first-order valence-corrected chi connectivity index (χ1v) is 9.67.